The third kappa shape index (κ3) is 5.16. The smallest absolute Gasteiger partial charge is 0.302 e. The van der Waals surface area contributed by atoms with Gasteiger partial charge in [-0.15, -0.1) is 11.1 Å². The van der Waals surface area contributed by atoms with Crippen molar-refractivity contribution in [2.45, 2.75) is 65.3 Å². The van der Waals surface area contributed by atoms with E-state index < -0.39 is 24.1 Å². The first-order chi connectivity index (χ1) is 7.34. The van der Waals surface area contributed by atoms with E-state index in [0.29, 0.717) is 5.67 Å². The van der Waals surface area contributed by atoms with E-state index in [-0.39, 0.29) is 0 Å². The van der Waals surface area contributed by atoms with Gasteiger partial charge in [0.15, 0.2) is 0 Å². The first kappa shape index (κ1) is 17.9. The van der Waals surface area contributed by atoms with Crippen molar-refractivity contribution >= 4 is 35.2 Å². The van der Waals surface area contributed by atoms with Crippen LogP contribution in [0.4, 0.5) is 0 Å². The second-order valence-electron chi connectivity index (χ2n) is 6.81. The summed E-state index contributed by atoms with van der Waals surface area (Å²) in [6.45, 7) is 21.6. The number of hydrogen-bond donors (Lipinski definition) is 0. The summed E-state index contributed by atoms with van der Waals surface area (Å²) in [4.78, 5) is 0. The topological polar surface area (TPSA) is 12.5 Å². The molecule has 0 saturated heterocycles. The Morgan fingerprint density at radius 1 is 1.00 bits per heavy atom. The van der Waals surface area contributed by atoms with Crippen LogP contribution in [-0.4, -0.2) is 40.6 Å². The van der Waals surface area contributed by atoms with Gasteiger partial charge in [0.25, 0.3) is 0 Å². The quantitative estimate of drug-likeness (QED) is 0.537. The molecule has 0 aromatic heterocycles. The summed E-state index contributed by atoms with van der Waals surface area (Å²) in [7, 11) is -4.84. The summed E-state index contributed by atoms with van der Waals surface area (Å²) in [5.41, 5.74) is 0.391. The summed E-state index contributed by atoms with van der Waals surface area (Å²) in [5.74, 6) is 0. The minimum Gasteiger partial charge on any atom is -0.403 e. The van der Waals surface area contributed by atoms with Gasteiger partial charge >= 0.3 is 7.63 Å². The van der Waals surface area contributed by atoms with Gasteiger partial charge in [0.1, 0.15) is 16.5 Å². The molecule has 0 aromatic carbocycles. The van der Waals surface area contributed by atoms with E-state index in [1.165, 1.54) is 0 Å². The minimum atomic E-state index is -2.12. The molecule has 0 saturated carbocycles. The van der Waals surface area contributed by atoms with Crippen LogP contribution in [0.1, 0.15) is 13.8 Å². The predicted molar refractivity (Wildman–Crippen MR) is 87.1 cm³/mol. The van der Waals surface area contributed by atoms with E-state index in [1.807, 2.05) is 6.92 Å². The standard InChI is InChI=1S/C11H30ClNOSi3/c1-10-14-17(9,12)11(2)13(15(3,4)5)16(6,7)8/h11H,10H2,1-9H3. The maximum absolute atomic E-state index is 6.71. The van der Waals surface area contributed by atoms with Crippen LogP contribution >= 0.6 is 11.1 Å². The lowest BCUT2D eigenvalue weighted by Crippen LogP contribution is -2.68. The zero-order valence-electron chi connectivity index (χ0n) is 13.0. The summed E-state index contributed by atoms with van der Waals surface area (Å²) < 4.78 is 8.63. The van der Waals surface area contributed by atoms with Crippen molar-refractivity contribution in [3.05, 3.63) is 0 Å². The van der Waals surface area contributed by atoms with Crippen LogP contribution in [-0.2, 0) is 4.43 Å². The SMILES string of the molecule is CCO[Si](C)(Cl)C(C)N([Si](C)(C)C)[Si](C)(C)C. The van der Waals surface area contributed by atoms with E-state index in [0.717, 1.165) is 6.61 Å². The molecule has 17 heavy (non-hydrogen) atoms. The summed E-state index contributed by atoms with van der Waals surface area (Å²) in [6, 6.07) is 0. The molecule has 0 heterocycles. The molecule has 0 bridgehead atoms. The van der Waals surface area contributed by atoms with Crippen LogP contribution in [0.25, 0.3) is 0 Å². The lowest BCUT2D eigenvalue weighted by Gasteiger charge is -2.50. The molecule has 2 nitrogen and oxygen atoms in total. The Labute approximate surface area is 116 Å². The zero-order chi connectivity index (χ0) is 14.1. The molecule has 0 amide bonds. The van der Waals surface area contributed by atoms with Gasteiger partial charge in [0, 0.05) is 12.3 Å². The number of hydrogen-bond acceptors (Lipinski definition) is 2. The molecule has 0 rings (SSSR count). The molecule has 0 aliphatic carbocycles. The fourth-order valence-electron chi connectivity index (χ4n) is 2.80. The molecule has 0 spiro atoms. The molecular weight excluding hydrogens is 282 g/mol. The second kappa shape index (κ2) is 5.88. The van der Waals surface area contributed by atoms with Crippen LogP contribution in [0.2, 0.25) is 45.8 Å². The summed E-state index contributed by atoms with van der Waals surface area (Å²) in [5, 5.41) is 0. The van der Waals surface area contributed by atoms with Gasteiger partial charge in [-0.05, 0) is 20.4 Å². The summed E-state index contributed by atoms with van der Waals surface area (Å²) >= 11 is 6.71. The van der Waals surface area contributed by atoms with Gasteiger partial charge in [0.2, 0.25) is 0 Å². The summed E-state index contributed by atoms with van der Waals surface area (Å²) in [6.07, 6.45) is 0. The average Bonchev–Trinajstić information content (AvgIpc) is 1.97. The molecule has 2 unspecified atom stereocenters. The molecule has 0 aliphatic rings. The van der Waals surface area contributed by atoms with E-state index in [1.54, 1.807) is 0 Å². The molecule has 0 aromatic rings. The van der Waals surface area contributed by atoms with Crippen LogP contribution in [0.3, 0.4) is 0 Å². The average molecular weight is 312 g/mol. The highest BCUT2D eigenvalue weighted by atomic mass is 35.6. The largest absolute Gasteiger partial charge is 0.403 e. The van der Waals surface area contributed by atoms with E-state index in [4.69, 9.17) is 15.5 Å². The van der Waals surface area contributed by atoms with Gasteiger partial charge in [-0.1, -0.05) is 39.3 Å². The Hall–Kier alpha value is 0.861. The monoisotopic (exact) mass is 311 g/mol. The number of nitrogens with zero attached hydrogens (tertiary/aromatic N) is 1. The number of rotatable bonds is 6. The predicted octanol–water partition coefficient (Wildman–Crippen LogP) is 4.23. The first-order valence-corrected chi connectivity index (χ1v) is 16.9. The van der Waals surface area contributed by atoms with Gasteiger partial charge < -0.3 is 8.66 Å². The van der Waals surface area contributed by atoms with Gasteiger partial charge in [-0.3, -0.25) is 0 Å². The maximum Gasteiger partial charge on any atom is 0.302 e. The van der Waals surface area contributed by atoms with Gasteiger partial charge in [-0.25, -0.2) is 0 Å². The van der Waals surface area contributed by atoms with Crippen molar-refractivity contribution in [3.8, 4) is 0 Å². The Morgan fingerprint density at radius 2 is 1.35 bits per heavy atom. The van der Waals surface area contributed by atoms with E-state index >= 15 is 0 Å². The number of halogens is 1. The Kier molecular flexibility index (Phi) is 6.18. The lowest BCUT2D eigenvalue weighted by molar-refractivity contribution is 0.319. The Morgan fingerprint density at radius 3 is 1.59 bits per heavy atom. The Balaban J connectivity index is 5.22. The van der Waals surface area contributed by atoms with Crippen molar-refractivity contribution in [3.63, 3.8) is 0 Å². The van der Waals surface area contributed by atoms with Crippen LogP contribution in [0.5, 0.6) is 0 Å². The van der Waals surface area contributed by atoms with Crippen LogP contribution in [0.15, 0.2) is 0 Å². The highest BCUT2D eigenvalue weighted by molar-refractivity contribution is 7.17. The molecule has 2 atom stereocenters. The second-order valence-corrected chi connectivity index (χ2v) is 22.2. The van der Waals surface area contributed by atoms with Crippen LogP contribution < -0.4 is 0 Å². The van der Waals surface area contributed by atoms with Crippen molar-refractivity contribution < 1.29 is 4.43 Å². The van der Waals surface area contributed by atoms with Crippen molar-refractivity contribution in [1.82, 2.24) is 4.23 Å². The van der Waals surface area contributed by atoms with Crippen LogP contribution in [0, 0.1) is 0 Å². The van der Waals surface area contributed by atoms with Gasteiger partial charge in [0.05, 0.1) is 0 Å². The third-order valence-electron chi connectivity index (χ3n) is 3.01. The molecular formula is C11H30ClNOSi3. The fraction of sp³-hybridized carbons (Fsp3) is 1.00. The maximum atomic E-state index is 6.71. The fourth-order valence-corrected chi connectivity index (χ4v) is 19.4. The molecule has 0 N–H and O–H groups in total. The molecule has 0 radical (unpaired) electrons. The van der Waals surface area contributed by atoms with Crippen molar-refractivity contribution in [2.75, 3.05) is 6.61 Å². The van der Waals surface area contributed by atoms with E-state index in [9.17, 15) is 0 Å². The highest BCUT2D eigenvalue weighted by Gasteiger charge is 2.46. The van der Waals surface area contributed by atoms with Crippen molar-refractivity contribution in [2.24, 2.45) is 0 Å². The first-order valence-electron chi connectivity index (χ1n) is 6.46. The highest BCUT2D eigenvalue weighted by Crippen LogP contribution is 2.30. The third-order valence-corrected chi connectivity index (χ3v) is 15.1. The molecule has 6 heteroatoms. The molecule has 104 valence electrons. The van der Waals surface area contributed by atoms with Gasteiger partial charge in [-0.2, -0.15) is 0 Å². The minimum absolute atomic E-state index is 0.391. The molecule has 0 aliphatic heterocycles. The lowest BCUT2D eigenvalue weighted by atomic mass is 10.8. The van der Waals surface area contributed by atoms with E-state index in [2.05, 4.69) is 57.0 Å². The Bertz CT molecular complexity index is 234. The molecule has 0 fully saturated rings. The normalized spacial score (nSPS) is 19.2. The zero-order valence-corrected chi connectivity index (χ0v) is 16.8. The van der Waals surface area contributed by atoms with Crippen molar-refractivity contribution in [1.29, 1.82) is 0 Å².